The number of nitrogens with zero attached hydrogens (tertiary/aromatic N) is 4. The zero-order chi connectivity index (χ0) is 13.8. The Kier molecular flexibility index (Phi) is 3.73. The van der Waals surface area contributed by atoms with E-state index in [1.54, 1.807) is 23.4 Å². The molecule has 8 nitrogen and oxygen atoms in total. The van der Waals surface area contributed by atoms with E-state index in [0.29, 0.717) is 18.3 Å². The first-order valence-corrected chi connectivity index (χ1v) is 6.71. The molecule has 2 aromatic rings. The van der Waals surface area contributed by atoms with Crippen molar-refractivity contribution in [2.45, 2.75) is 25.4 Å². The smallest absolute Gasteiger partial charge is 0.273 e. The molecule has 20 heavy (non-hydrogen) atoms. The molecule has 1 saturated heterocycles. The molecule has 0 aliphatic carbocycles. The number of H-pyrrole nitrogens is 1. The van der Waals surface area contributed by atoms with Crippen LogP contribution in [0.2, 0.25) is 0 Å². The molecule has 3 N–H and O–H groups in total. The van der Waals surface area contributed by atoms with Gasteiger partial charge in [-0.2, -0.15) is 0 Å². The van der Waals surface area contributed by atoms with Gasteiger partial charge in [-0.05, 0) is 25.9 Å². The Bertz CT molecular complexity index is 556. The summed E-state index contributed by atoms with van der Waals surface area (Å²) in [6.45, 7) is 2.36. The Hall–Kier alpha value is -2.22. The van der Waals surface area contributed by atoms with Gasteiger partial charge in [0, 0.05) is 6.20 Å². The van der Waals surface area contributed by atoms with Crippen LogP contribution in [0.5, 0.6) is 0 Å². The van der Waals surface area contributed by atoms with Crippen LogP contribution in [0.4, 0.5) is 0 Å². The summed E-state index contributed by atoms with van der Waals surface area (Å²) in [6.07, 6.45) is 7.00. The van der Waals surface area contributed by atoms with Gasteiger partial charge in [0.05, 0.1) is 30.8 Å². The second-order valence-electron chi connectivity index (χ2n) is 4.82. The lowest BCUT2D eigenvalue weighted by molar-refractivity contribution is 0.0945. The summed E-state index contributed by atoms with van der Waals surface area (Å²) >= 11 is 0. The highest BCUT2D eigenvalue weighted by Crippen LogP contribution is 2.16. The van der Waals surface area contributed by atoms with Crippen LogP contribution in [0.25, 0.3) is 0 Å². The molecule has 8 heteroatoms. The van der Waals surface area contributed by atoms with Gasteiger partial charge < -0.3 is 15.6 Å². The van der Waals surface area contributed by atoms with Gasteiger partial charge >= 0.3 is 0 Å². The molecular formula is C12H17N7O. The van der Waals surface area contributed by atoms with Crippen molar-refractivity contribution in [3.8, 4) is 0 Å². The minimum absolute atomic E-state index is 0.222. The van der Waals surface area contributed by atoms with Crippen molar-refractivity contribution in [3.05, 3.63) is 30.1 Å². The minimum atomic E-state index is -0.222. The second kappa shape index (κ2) is 5.83. The van der Waals surface area contributed by atoms with Crippen molar-refractivity contribution in [3.63, 3.8) is 0 Å². The number of amides is 1. The third kappa shape index (κ3) is 2.85. The fourth-order valence-electron chi connectivity index (χ4n) is 2.28. The zero-order valence-corrected chi connectivity index (χ0v) is 11.0. The van der Waals surface area contributed by atoms with Gasteiger partial charge in [-0.3, -0.25) is 4.79 Å². The van der Waals surface area contributed by atoms with Crippen LogP contribution in [0.3, 0.4) is 0 Å². The Morgan fingerprint density at radius 1 is 1.45 bits per heavy atom. The molecule has 0 aromatic carbocycles. The number of rotatable bonds is 4. The topological polar surface area (TPSA) is 101 Å². The third-order valence-electron chi connectivity index (χ3n) is 3.42. The van der Waals surface area contributed by atoms with E-state index >= 15 is 0 Å². The van der Waals surface area contributed by atoms with Crippen molar-refractivity contribution in [2.24, 2.45) is 0 Å². The SMILES string of the molecule is O=C(NCc1cnc[nH]1)c1cn(C2CCNCC2)nn1. The minimum Gasteiger partial charge on any atom is -0.347 e. The zero-order valence-electron chi connectivity index (χ0n) is 11.0. The molecule has 0 atom stereocenters. The summed E-state index contributed by atoms with van der Waals surface area (Å²) < 4.78 is 1.80. The molecule has 0 unspecified atom stereocenters. The normalized spacial score (nSPS) is 16.2. The van der Waals surface area contributed by atoms with E-state index in [1.165, 1.54) is 0 Å². The maximum atomic E-state index is 12.0. The van der Waals surface area contributed by atoms with E-state index in [0.717, 1.165) is 31.6 Å². The van der Waals surface area contributed by atoms with Gasteiger partial charge in [0.25, 0.3) is 5.91 Å². The van der Waals surface area contributed by atoms with Crippen LogP contribution in [-0.2, 0) is 6.54 Å². The number of nitrogens with one attached hydrogen (secondary N) is 3. The number of carbonyl (C=O) groups is 1. The summed E-state index contributed by atoms with van der Waals surface area (Å²) in [6, 6.07) is 0.331. The Labute approximate surface area is 116 Å². The van der Waals surface area contributed by atoms with Crippen LogP contribution in [0.15, 0.2) is 18.7 Å². The molecule has 3 rings (SSSR count). The largest absolute Gasteiger partial charge is 0.347 e. The first-order valence-electron chi connectivity index (χ1n) is 6.71. The lowest BCUT2D eigenvalue weighted by Crippen LogP contribution is -2.29. The van der Waals surface area contributed by atoms with E-state index in [-0.39, 0.29) is 5.91 Å². The molecule has 3 heterocycles. The summed E-state index contributed by atoms with van der Waals surface area (Å²) in [5, 5.41) is 14.1. The van der Waals surface area contributed by atoms with E-state index in [9.17, 15) is 4.79 Å². The van der Waals surface area contributed by atoms with Crippen molar-refractivity contribution < 1.29 is 4.79 Å². The van der Waals surface area contributed by atoms with E-state index < -0.39 is 0 Å². The molecule has 0 saturated carbocycles. The van der Waals surface area contributed by atoms with Crippen LogP contribution in [-0.4, -0.2) is 44.0 Å². The lowest BCUT2D eigenvalue weighted by Gasteiger charge is -2.22. The highest BCUT2D eigenvalue weighted by Gasteiger charge is 2.18. The molecule has 1 fully saturated rings. The van der Waals surface area contributed by atoms with Crippen molar-refractivity contribution >= 4 is 5.91 Å². The average molecular weight is 275 g/mol. The van der Waals surface area contributed by atoms with E-state index in [2.05, 4.69) is 30.9 Å². The van der Waals surface area contributed by atoms with Crippen LogP contribution < -0.4 is 10.6 Å². The average Bonchev–Trinajstić information content (AvgIpc) is 3.17. The Balaban J connectivity index is 1.59. The molecule has 106 valence electrons. The van der Waals surface area contributed by atoms with Gasteiger partial charge in [-0.1, -0.05) is 5.21 Å². The van der Waals surface area contributed by atoms with Gasteiger partial charge in [0.2, 0.25) is 0 Å². The standard InChI is InChI=1S/C12H17N7O/c20-12(15-6-9-5-14-8-16-9)11-7-19(18-17-11)10-1-3-13-4-2-10/h5,7-8,10,13H,1-4,6H2,(H,14,16)(H,15,20). The fraction of sp³-hybridized carbons (Fsp3) is 0.500. The predicted molar refractivity (Wildman–Crippen MR) is 70.9 cm³/mol. The van der Waals surface area contributed by atoms with Crippen LogP contribution in [0.1, 0.15) is 35.1 Å². The number of piperidine rings is 1. The molecule has 1 aliphatic rings. The van der Waals surface area contributed by atoms with Gasteiger partial charge in [0.1, 0.15) is 0 Å². The fourth-order valence-corrected chi connectivity index (χ4v) is 2.28. The van der Waals surface area contributed by atoms with Gasteiger partial charge in [0.15, 0.2) is 5.69 Å². The number of aromatic amines is 1. The Morgan fingerprint density at radius 2 is 2.30 bits per heavy atom. The van der Waals surface area contributed by atoms with Gasteiger partial charge in [-0.25, -0.2) is 9.67 Å². The van der Waals surface area contributed by atoms with E-state index in [4.69, 9.17) is 0 Å². The van der Waals surface area contributed by atoms with E-state index in [1.807, 2.05) is 0 Å². The lowest BCUT2D eigenvalue weighted by atomic mass is 10.1. The quantitative estimate of drug-likeness (QED) is 0.721. The maximum absolute atomic E-state index is 12.0. The number of hydrogen-bond acceptors (Lipinski definition) is 5. The monoisotopic (exact) mass is 275 g/mol. The predicted octanol–water partition coefficient (Wildman–Crippen LogP) is -0.144. The molecule has 0 radical (unpaired) electrons. The molecule has 1 amide bonds. The van der Waals surface area contributed by atoms with Crippen LogP contribution in [0, 0.1) is 0 Å². The highest BCUT2D eigenvalue weighted by atomic mass is 16.2. The summed E-state index contributed by atoms with van der Waals surface area (Å²) in [7, 11) is 0. The molecule has 1 aliphatic heterocycles. The summed E-state index contributed by atoms with van der Waals surface area (Å²) in [5.74, 6) is -0.222. The first kappa shape index (κ1) is 12.8. The van der Waals surface area contributed by atoms with Crippen molar-refractivity contribution in [2.75, 3.05) is 13.1 Å². The number of hydrogen-bond donors (Lipinski definition) is 3. The Morgan fingerprint density at radius 3 is 3.05 bits per heavy atom. The number of carbonyl (C=O) groups excluding carboxylic acids is 1. The molecule has 2 aromatic heterocycles. The van der Waals surface area contributed by atoms with Crippen molar-refractivity contribution in [1.82, 2.24) is 35.6 Å². The highest BCUT2D eigenvalue weighted by molar-refractivity contribution is 5.91. The first-order chi connectivity index (χ1) is 9.83. The summed E-state index contributed by atoms with van der Waals surface area (Å²) in [4.78, 5) is 18.8. The summed E-state index contributed by atoms with van der Waals surface area (Å²) in [5.41, 5.74) is 1.20. The van der Waals surface area contributed by atoms with Gasteiger partial charge in [-0.15, -0.1) is 5.10 Å². The third-order valence-corrected chi connectivity index (χ3v) is 3.42. The maximum Gasteiger partial charge on any atom is 0.273 e. The molecule has 0 spiro atoms. The second-order valence-corrected chi connectivity index (χ2v) is 4.82. The number of imidazole rings is 1. The molecular weight excluding hydrogens is 258 g/mol. The van der Waals surface area contributed by atoms with Crippen molar-refractivity contribution in [1.29, 1.82) is 0 Å². The van der Waals surface area contributed by atoms with Crippen LogP contribution >= 0.6 is 0 Å². The molecule has 0 bridgehead atoms. The number of aromatic nitrogens is 5.